The standard InChI is InChI=1S/C16H20ClN3O2/c1-3-18-10-12-6-4-5-7-14(12)19-15(21)9-8-13-11(2)20-22-16(13)17/h4-7,18H,3,8-10H2,1-2H3,(H,19,21). The summed E-state index contributed by atoms with van der Waals surface area (Å²) in [6, 6.07) is 7.77. The largest absolute Gasteiger partial charge is 0.344 e. The molecular weight excluding hydrogens is 302 g/mol. The van der Waals surface area contributed by atoms with E-state index in [4.69, 9.17) is 16.1 Å². The third-order valence-corrected chi connectivity index (χ3v) is 3.69. The number of aryl methyl sites for hydroxylation is 1. The number of hydrogen-bond acceptors (Lipinski definition) is 4. The molecule has 2 rings (SSSR count). The number of hydrogen-bond donors (Lipinski definition) is 2. The van der Waals surface area contributed by atoms with E-state index in [-0.39, 0.29) is 11.1 Å². The number of para-hydroxylation sites is 1. The lowest BCUT2D eigenvalue weighted by Gasteiger charge is -2.11. The molecule has 1 heterocycles. The summed E-state index contributed by atoms with van der Waals surface area (Å²) in [6.45, 7) is 5.47. The quantitative estimate of drug-likeness (QED) is 0.821. The summed E-state index contributed by atoms with van der Waals surface area (Å²) in [5, 5.41) is 10.2. The van der Waals surface area contributed by atoms with E-state index in [1.165, 1.54) is 0 Å². The first-order valence-electron chi connectivity index (χ1n) is 7.31. The minimum atomic E-state index is -0.0550. The van der Waals surface area contributed by atoms with Crippen LogP contribution in [-0.4, -0.2) is 17.6 Å². The fourth-order valence-corrected chi connectivity index (χ4v) is 2.41. The number of anilines is 1. The average Bonchev–Trinajstić information content (AvgIpc) is 2.83. The van der Waals surface area contributed by atoms with Crippen LogP contribution in [0.2, 0.25) is 5.22 Å². The van der Waals surface area contributed by atoms with Crippen molar-refractivity contribution in [1.82, 2.24) is 10.5 Å². The van der Waals surface area contributed by atoms with Crippen molar-refractivity contribution in [3.05, 3.63) is 46.3 Å². The van der Waals surface area contributed by atoms with Crippen LogP contribution in [-0.2, 0) is 17.8 Å². The van der Waals surface area contributed by atoms with Gasteiger partial charge in [-0.25, -0.2) is 0 Å². The zero-order valence-electron chi connectivity index (χ0n) is 12.8. The highest BCUT2D eigenvalue weighted by Gasteiger charge is 2.13. The van der Waals surface area contributed by atoms with Crippen LogP contribution in [0.15, 0.2) is 28.8 Å². The highest BCUT2D eigenvalue weighted by molar-refractivity contribution is 6.29. The number of nitrogens with zero attached hydrogens (tertiary/aromatic N) is 1. The van der Waals surface area contributed by atoms with Crippen LogP contribution in [0.4, 0.5) is 5.69 Å². The molecule has 2 N–H and O–H groups in total. The molecule has 0 bridgehead atoms. The number of nitrogens with one attached hydrogen (secondary N) is 2. The summed E-state index contributed by atoms with van der Waals surface area (Å²) in [4.78, 5) is 12.1. The number of carbonyl (C=O) groups is 1. The van der Waals surface area contributed by atoms with Crippen LogP contribution in [0.1, 0.15) is 30.2 Å². The molecule has 0 aliphatic rings. The van der Waals surface area contributed by atoms with Crippen molar-refractivity contribution < 1.29 is 9.32 Å². The summed E-state index contributed by atoms with van der Waals surface area (Å²) < 4.78 is 4.88. The fraction of sp³-hybridized carbons (Fsp3) is 0.375. The first kappa shape index (κ1) is 16.5. The maximum Gasteiger partial charge on any atom is 0.229 e. The van der Waals surface area contributed by atoms with Crippen LogP contribution in [0, 0.1) is 6.92 Å². The second kappa shape index (κ2) is 7.96. The number of amides is 1. The molecule has 1 aromatic carbocycles. The Morgan fingerprint density at radius 1 is 1.36 bits per heavy atom. The Morgan fingerprint density at radius 3 is 2.82 bits per heavy atom. The van der Waals surface area contributed by atoms with E-state index in [0.717, 1.165) is 35.6 Å². The lowest BCUT2D eigenvalue weighted by atomic mass is 10.1. The maximum atomic E-state index is 12.1. The third-order valence-electron chi connectivity index (χ3n) is 3.40. The molecule has 22 heavy (non-hydrogen) atoms. The summed E-state index contributed by atoms with van der Waals surface area (Å²) in [7, 11) is 0. The zero-order chi connectivity index (χ0) is 15.9. The molecule has 0 spiro atoms. The van der Waals surface area contributed by atoms with Gasteiger partial charge >= 0.3 is 0 Å². The maximum absolute atomic E-state index is 12.1. The van der Waals surface area contributed by atoms with Gasteiger partial charge in [0.05, 0.1) is 5.69 Å². The molecule has 6 heteroatoms. The van der Waals surface area contributed by atoms with Gasteiger partial charge in [0.25, 0.3) is 0 Å². The van der Waals surface area contributed by atoms with E-state index in [1.54, 1.807) is 0 Å². The topological polar surface area (TPSA) is 67.2 Å². The zero-order valence-corrected chi connectivity index (χ0v) is 13.5. The minimum absolute atomic E-state index is 0.0550. The van der Waals surface area contributed by atoms with Gasteiger partial charge in [0.1, 0.15) is 0 Å². The average molecular weight is 322 g/mol. The van der Waals surface area contributed by atoms with Crippen LogP contribution < -0.4 is 10.6 Å². The molecule has 0 atom stereocenters. The SMILES string of the molecule is CCNCc1ccccc1NC(=O)CCc1c(C)noc1Cl. The van der Waals surface area contributed by atoms with Crippen molar-refractivity contribution in [3.8, 4) is 0 Å². The van der Waals surface area contributed by atoms with E-state index in [1.807, 2.05) is 38.1 Å². The van der Waals surface area contributed by atoms with Gasteiger partial charge in [0.15, 0.2) is 0 Å². The minimum Gasteiger partial charge on any atom is -0.344 e. The van der Waals surface area contributed by atoms with E-state index in [0.29, 0.717) is 12.8 Å². The van der Waals surface area contributed by atoms with Gasteiger partial charge in [-0.15, -0.1) is 0 Å². The van der Waals surface area contributed by atoms with Crippen LogP contribution in [0.3, 0.4) is 0 Å². The van der Waals surface area contributed by atoms with Crippen LogP contribution >= 0.6 is 11.6 Å². The Bertz CT molecular complexity index is 621. The Hall–Kier alpha value is -1.85. The van der Waals surface area contributed by atoms with Crippen LogP contribution in [0.25, 0.3) is 0 Å². The van der Waals surface area contributed by atoms with Crippen molar-refractivity contribution in [2.75, 3.05) is 11.9 Å². The van der Waals surface area contributed by atoms with Gasteiger partial charge in [0.2, 0.25) is 11.1 Å². The monoisotopic (exact) mass is 321 g/mol. The molecule has 1 amide bonds. The van der Waals surface area contributed by atoms with Crippen LogP contribution in [0.5, 0.6) is 0 Å². The Balaban J connectivity index is 1.95. The second-order valence-corrected chi connectivity index (χ2v) is 5.35. The molecule has 0 aliphatic heterocycles. The molecular formula is C16H20ClN3O2. The lowest BCUT2D eigenvalue weighted by Crippen LogP contribution is -2.17. The van der Waals surface area contributed by atoms with Gasteiger partial charge in [-0.1, -0.05) is 30.3 Å². The Morgan fingerprint density at radius 2 is 2.14 bits per heavy atom. The van der Waals surface area contributed by atoms with E-state index >= 15 is 0 Å². The number of carbonyl (C=O) groups excluding carboxylic acids is 1. The Kier molecular flexibility index (Phi) is 5.98. The third kappa shape index (κ3) is 4.32. The van der Waals surface area contributed by atoms with E-state index < -0.39 is 0 Å². The highest BCUT2D eigenvalue weighted by Crippen LogP contribution is 2.21. The summed E-state index contributed by atoms with van der Waals surface area (Å²) in [6.07, 6.45) is 0.840. The number of aromatic nitrogens is 1. The molecule has 0 aliphatic carbocycles. The molecule has 0 saturated carbocycles. The number of halogens is 1. The van der Waals surface area contributed by atoms with Gasteiger partial charge in [-0.3, -0.25) is 4.79 Å². The normalized spacial score (nSPS) is 10.7. The van der Waals surface area contributed by atoms with Crippen molar-refractivity contribution in [3.63, 3.8) is 0 Å². The van der Waals surface area contributed by atoms with E-state index in [9.17, 15) is 4.79 Å². The predicted octanol–water partition coefficient (Wildman–Crippen LogP) is 3.32. The van der Waals surface area contributed by atoms with Crippen molar-refractivity contribution in [2.24, 2.45) is 0 Å². The van der Waals surface area contributed by atoms with Crippen molar-refractivity contribution >= 4 is 23.2 Å². The summed E-state index contributed by atoms with van der Waals surface area (Å²) in [5.41, 5.74) is 3.42. The molecule has 0 saturated heterocycles. The first-order chi connectivity index (χ1) is 10.6. The number of rotatable bonds is 7. The van der Waals surface area contributed by atoms with E-state index in [2.05, 4.69) is 15.8 Å². The van der Waals surface area contributed by atoms with Gasteiger partial charge in [-0.05, 0) is 43.1 Å². The summed E-state index contributed by atoms with van der Waals surface area (Å²) >= 11 is 5.90. The van der Waals surface area contributed by atoms with Crippen molar-refractivity contribution in [1.29, 1.82) is 0 Å². The molecule has 5 nitrogen and oxygen atoms in total. The number of benzene rings is 1. The fourth-order valence-electron chi connectivity index (χ4n) is 2.15. The Labute approximate surface area is 135 Å². The molecule has 0 radical (unpaired) electrons. The molecule has 118 valence electrons. The van der Waals surface area contributed by atoms with Gasteiger partial charge < -0.3 is 15.2 Å². The van der Waals surface area contributed by atoms with Gasteiger partial charge in [0, 0.05) is 24.2 Å². The summed E-state index contributed by atoms with van der Waals surface area (Å²) in [5.74, 6) is -0.0550. The lowest BCUT2D eigenvalue weighted by molar-refractivity contribution is -0.116. The van der Waals surface area contributed by atoms with Gasteiger partial charge in [-0.2, -0.15) is 0 Å². The molecule has 0 fully saturated rings. The second-order valence-electron chi connectivity index (χ2n) is 5.01. The smallest absolute Gasteiger partial charge is 0.229 e. The molecule has 0 unspecified atom stereocenters. The molecule has 2 aromatic rings. The van der Waals surface area contributed by atoms with Crippen molar-refractivity contribution in [2.45, 2.75) is 33.2 Å². The predicted molar refractivity (Wildman–Crippen MR) is 87.0 cm³/mol. The highest BCUT2D eigenvalue weighted by atomic mass is 35.5. The first-order valence-corrected chi connectivity index (χ1v) is 7.68. The molecule has 1 aromatic heterocycles.